The van der Waals surface area contributed by atoms with Crippen LogP contribution in [0.1, 0.15) is 0 Å². The quantitative estimate of drug-likeness (QED) is 0.546. The molecule has 1 atom stereocenters. The topological polar surface area (TPSA) is 39.1 Å². The lowest BCUT2D eigenvalue weighted by Crippen LogP contribution is -2.47. The van der Waals surface area contributed by atoms with Crippen LogP contribution in [0.2, 0.25) is 0 Å². The molecule has 0 saturated carbocycles. The molecule has 0 aromatic carbocycles. The average Bonchev–Trinajstić information content (AvgIpc) is 1.94. The first kappa shape index (κ1) is 7.86. The molecule has 1 fully saturated rings. The fourth-order valence-electron chi connectivity index (χ4n) is 0.973. The van der Waals surface area contributed by atoms with Gasteiger partial charge in [-0.05, 0) is 18.8 Å². The molecule has 1 unspecified atom stereocenters. The summed E-state index contributed by atoms with van der Waals surface area (Å²) in [5.41, 5.74) is 0. The number of thiocyanates is 1. The molecule has 0 radical (unpaired) electrons. The summed E-state index contributed by atoms with van der Waals surface area (Å²) in [6.07, 6.45) is 0. The lowest BCUT2D eigenvalue weighted by molar-refractivity contribution is 0.267. The van der Waals surface area contributed by atoms with Crippen molar-refractivity contribution in [1.82, 2.24) is 10.2 Å². The molecule has 1 saturated heterocycles. The average molecular weight is 157 g/mol. The van der Waals surface area contributed by atoms with Gasteiger partial charge in [0, 0.05) is 19.6 Å². The van der Waals surface area contributed by atoms with E-state index in [2.05, 4.69) is 22.7 Å². The molecule has 3 nitrogen and oxygen atoms in total. The maximum absolute atomic E-state index is 8.39. The smallest absolute Gasteiger partial charge is 0.135 e. The lowest BCUT2D eigenvalue weighted by atomic mass is 10.4. The van der Waals surface area contributed by atoms with Crippen molar-refractivity contribution in [2.75, 3.05) is 26.7 Å². The normalized spacial score (nSPS) is 27.8. The molecule has 1 heterocycles. The molecule has 0 spiro atoms. The van der Waals surface area contributed by atoms with Crippen molar-refractivity contribution in [3.8, 4) is 5.40 Å². The van der Waals surface area contributed by atoms with Crippen molar-refractivity contribution in [3.05, 3.63) is 0 Å². The van der Waals surface area contributed by atoms with Crippen LogP contribution in [0, 0.1) is 10.7 Å². The SMILES string of the molecule is CN1CCNCC1SC#N. The molecule has 0 bridgehead atoms. The third-order valence-electron chi connectivity index (χ3n) is 1.64. The van der Waals surface area contributed by atoms with Gasteiger partial charge in [-0.25, -0.2) is 0 Å². The van der Waals surface area contributed by atoms with Gasteiger partial charge >= 0.3 is 0 Å². The highest BCUT2D eigenvalue weighted by atomic mass is 32.2. The molecular weight excluding hydrogens is 146 g/mol. The lowest BCUT2D eigenvalue weighted by Gasteiger charge is -2.30. The minimum atomic E-state index is 0.346. The van der Waals surface area contributed by atoms with Crippen molar-refractivity contribution in [2.24, 2.45) is 0 Å². The molecule has 1 aliphatic rings. The molecule has 0 aliphatic carbocycles. The number of piperazine rings is 1. The standard InChI is InChI=1S/C6H11N3S/c1-9-3-2-8-4-6(9)10-5-7/h6,8H,2-4H2,1H3. The largest absolute Gasteiger partial charge is 0.313 e. The van der Waals surface area contributed by atoms with Crippen molar-refractivity contribution < 1.29 is 0 Å². The number of rotatable bonds is 1. The van der Waals surface area contributed by atoms with Crippen molar-refractivity contribution in [3.63, 3.8) is 0 Å². The maximum Gasteiger partial charge on any atom is 0.135 e. The highest BCUT2D eigenvalue weighted by molar-refractivity contribution is 8.04. The first-order valence-corrected chi connectivity index (χ1v) is 4.18. The fourth-order valence-corrected chi connectivity index (χ4v) is 1.58. The minimum Gasteiger partial charge on any atom is -0.313 e. The van der Waals surface area contributed by atoms with E-state index in [0.29, 0.717) is 5.37 Å². The van der Waals surface area contributed by atoms with Gasteiger partial charge < -0.3 is 5.32 Å². The predicted octanol–water partition coefficient (Wildman–Crippen LogP) is 0.0618. The summed E-state index contributed by atoms with van der Waals surface area (Å²) in [7, 11) is 2.05. The van der Waals surface area contributed by atoms with Gasteiger partial charge in [-0.15, -0.1) is 0 Å². The Labute approximate surface area is 65.4 Å². The molecule has 4 heteroatoms. The highest BCUT2D eigenvalue weighted by Crippen LogP contribution is 2.13. The first-order chi connectivity index (χ1) is 4.84. The van der Waals surface area contributed by atoms with E-state index in [0.717, 1.165) is 19.6 Å². The summed E-state index contributed by atoms with van der Waals surface area (Å²) in [6, 6.07) is 0. The monoisotopic (exact) mass is 157 g/mol. The van der Waals surface area contributed by atoms with Crippen molar-refractivity contribution in [2.45, 2.75) is 5.37 Å². The zero-order valence-corrected chi connectivity index (χ0v) is 6.82. The molecule has 1 N–H and O–H groups in total. The van der Waals surface area contributed by atoms with Crippen molar-refractivity contribution >= 4 is 11.8 Å². The number of nitrogens with zero attached hydrogens (tertiary/aromatic N) is 2. The van der Waals surface area contributed by atoms with E-state index in [1.165, 1.54) is 11.8 Å². The Morgan fingerprint density at radius 2 is 2.60 bits per heavy atom. The number of thioether (sulfide) groups is 1. The van der Waals surface area contributed by atoms with Crippen LogP contribution in [0.4, 0.5) is 0 Å². The Morgan fingerprint density at radius 3 is 3.20 bits per heavy atom. The number of hydrogen-bond donors (Lipinski definition) is 1. The molecule has 0 amide bonds. The fraction of sp³-hybridized carbons (Fsp3) is 0.833. The Morgan fingerprint density at radius 1 is 1.80 bits per heavy atom. The first-order valence-electron chi connectivity index (χ1n) is 3.30. The van der Waals surface area contributed by atoms with Gasteiger partial charge in [0.25, 0.3) is 0 Å². The van der Waals surface area contributed by atoms with E-state index < -0.39 is 0 Å². The van der Waals surface area contributed by atoms with Crippen LogP contribution in [0.5, 0.6) is 0 Å². The second-order valence-corrected chi connectivity index (χ2v) is 3.31. The zero-order valence-electron chi connectivity index (χ0n) is 6.00. The Balaban J connectivity index is 2.34. The molecule has 56 valence electrons. The number of nitriles is 1. The van der Waals surface area contributed by atoms with E-state index in [-0.39, 0.29) is 0 Å². The number of likely N-dealkylation sites (N-methyl/N-ethyl adjacent to an activating group) is 1. The minimum absolute atomic E-state index is 0.346. The maximum atomic E-state index is 8.39. The van der Waals surface area contributed by atoms with Gasteiger partial charge in [-0.3, -0.25) is 4.90 Å². The predicted molar refractivity (Wildman–Crippen MR) is 42.5 cm³/mol. The van der Waals surface area contributed by atoms with Gasteiger partial charge in [0.2, 0.25) is 0 Å². The number of nitrogens with one attached hydrogen (secondary N) is 1. The Bertz CT molecular complexity index is 142. The second kappa shape index (κ2) is 3.81. The molecular formula is C6H11N3S. The van der Waals surface area contributed by atoms with Gasteiger partial charge in [-0.1, -0.05) is 0 Å². The van der Waals surface area contributed by atoms with Crippen LogP contribution in [-0.2, 0) is 0 Å². The van der Waals surface area contributed by atoms with Crippen LogP contribution < -0.4 is 5.32 Å². The van der Waals surface area contributed by atoms with Crippen LogP contribution in [0.15, 0.2) is 0 Å². The number of hydrogen-bond acceptors (Lipinski definition) is 4. The zero-order chi connectivity index (χ0) is 7.40. The van der Waals surface area contributed by atoms with Crippen LogP contribution in [0.25, 0.3) is 0 Å². The van der Waals surface area contributed by atoms with E-state index in [9.17, 15) is 0 Å². The molecule has 0 aromatic heterocycles. The van der Waals surface area contributed by atoms with Crippen LogP contribution in [-0.4, -0.2) is 37.0 Å². The summed E-state index contributed by atoms with van der Waals surface area (Å²) < 4.78 is 0. The third kappa shape index (κ3) is 1.87. The summed E-state index contributed by atoms with van der Waals surface area (Å²) in [5, 5.41) is 14.1. The second-order valence-electron chi connectivity index (χ2n) is 2.35. The molecule has 1 aliphatic heterocycles. The van der Waals surface area contributed by atoms with Crippen molar-refractivity contribution in [1.29, 1.82) is 5.26 Å². The third-order valence-corrected chi connectivity index (χ3v) is 2.54. The van der Waals surface area contributed by atoms with Gasteiger partial charge in [0.1, 0.15) is 5.40 Å². The molecule has 0 aromatic rings. The summed E-state index contributed by atoms with van der Waals surface area (Å²) in [5.74, 6) is 0. The van der Waals surface area contributed by atoms with Gasteiger partial charge in [0.05, 0.1) is 5.37 Å². The summed E-state index contributed by atoms with van der Waals surface area (Å²) in [4.78, 5) is 2.20. The molecule has 1 rings (SSSR count). The highest BCUT2D eigenvalue weighted by Gasteiger charge is 2.18. The molecule has 10 heavy (non-hydrogen) atoms. The van der Waals surface area contributed by atoms with E-state index in [1.807, 2.05) is 0 Å². The van der Waals surface area contributed by atoms with Crippen LogP contribution in [0.3, 0.4) is 0 Å². The summed E-state index contributed by atoms with van der Waals surface area (Å²) >= 11 is 1.33. The summed E-state index contributed by atoms with van der Waals surface area (Å²) in [6.45, 7) is 3.01. The van der Waals surface area contributed by atoms with E-state index >= 15 is 0 Å². The van der Waals surface area contributed by atoms with E-state index in [4.69, 9.17) is 5.26 Å². The van der Waals surface area contributed by atoms with Gasteiger partial charge in [-0.2, -0.15) is 5.26 Å². The Kier molecular flexibility index (Phi) is 3.00. The van der Waals surface area contributed by atoms with E-state index in [1.54, 1.807) is 0 Å². The van der Waals surface area contributed by atoms with Gasteiger partial charge in [0.15, 0.2) is 0 Å². The Hall–Kier alpha value is -0.240. The van der Waals surface area contributed by atoms with Crippen LogP contribution >= 0.6 is 11.8 Å².